The Morgan fingerprint density at radius 2 is 2.06 bits per heavy atom. The lowest BCUT2D eigenvalue weighted by Crippen LogP contribution is -2.32. The number of hydrogen-bond acceptors (Lipinski definition) is 1. The molecule has 1 aromatic rings. The maximum Gasteiger partial charge on any atom is 0.142 e. The van der Waals surface area contributed by atoms with Crippen molar-refractivity contribution in [2.45, 2.75) is 46.0 Å². The Labute approximate surface area is 115 Å². The Kier molecular flexibility index (Phi) is 6.10. The van der Waals surface area contributed by atoms with Gasteiger partial charge in [-0.05, 0) is 42.9 Å². The van der Waals surface area contributed by atoms with Gasteiger partial charge < -0.3 is 5.73 Å². The quantitative estimate of drug-likeness (QED) is 0.773. The van der Waals surface area contributed by atoms with Gasteiger partial charge in [0.25, 0.3) is 0 Å². The zero-order valence-electron chi connectivity index (χ0n) is 11.3. The summed E-state index contributed by atoms with van der Waals surface area (Å²) in [4.78, 5) is 0. The van der Waals surface area contributed by atoms with E-state index in [9.17, 15) is 4.39 Å². The van der Waals surface area contributed by atoms with Gasteiger partial charge in [0.2, 0.25) is 0 Å². The van der Waals surface area contributed by atoms with E-state index in [1.165, 1.54) is 6.07 Å². The topological polar surface area (TPSA) is 26.0 Å². The van der Waals surface area contributed by atoms with Crippen molar-refractivity contribution in [3.8, 4) is 0 Å². The summed E-state index contributed by atoms with van der Waals surface area (Å²) in [6, 6.07) is 5.01. The molecule has 0 heterocycles. The molecule has 0 aliphatic carbocycles. The number of benzene rings is 1. The van der Waals surface area contributed by atoms with Crippen LogP contribution in [0.5, 0.6) is 0 Å². The molecule has 2 N–H and O–H groups in total. The summed E-state index contributed by atoms with van der Waals surface area (Å²) in [6.45, 7) is 4.94. The summed E-state index contributed by atoms with van der Waals surface area (Å²) >= 11 is 6.03. The van der Waals surface area contributed by atoms with E-state index in [-0.39, 0.29) is 16.3 Å². The molecule has 0 amide bonds. The Morgan fingerprint density at radius 1 is 1.33 bits per heavy atom. The van der Waals surface area contributed by atoms with Gasteiger partial charge in [0.1, 0.15) is 5.82 Å². The lowest BCUT2D eigenvalue weighted by Gasteiger charge is -2.32. The first-order valence-corrected chi connectivity index (χ1v) is 7.09. The van der Waals surface area contributed by atoms with Crippen molar-refractivity contribution in [2.75, 3.05) is 6.54 Å². The minimum atomic E-state index is -0.341. The lowest BCUT2D eigenvalue weighted by atomic mass is 9.75. The molecule has 1 unspecified atom stereocenters. The number of unbranched alkanes of at least 4 members (excludes halogenated alkanes) is 1. The normalized spacial score (nSPS) is 14.5. The summed E-state index contributed by atoms with van der Waals surface area (Å²) in [6.07, 6.45) is 5.13. The summed E-state index contributed by atoms with van der Waals surface area (Å²) in [5.41, 5.74) is 6.88. The number of nitrogens with two attached hydrogens (primary N) is 1. The molecule has 1 nitrogen and oxygen atoms in total. The van der Waals surface area contributed by atoms with Crippen molar-refractivity contribution < 1.29 is 4.39 Å². The van der Waals surface area contributed by atoms with Crippen molar-refractivity contribution >= 4 is 11.6 Å². The second kappa shape index (κ2) is 7.10. The van der Waals surface area contributed by atoms with Crippen LogP contribution in [-0.2, 0) is 6.42 Å². The molecular formula is C15H23ClFN. The Hall–Kier alpha value is -0.600. The second-order valence-electron chi connectivity index (χ2n) is 5.05. The zero-order valence-corrected chi connectivity index (χ0v) is 12.1. The predicted molar refractivity (Wildman–Crippen MR) is 76.4 cm³/mol. The van der Waals surface area contributed by atoms with Crippen LogP contribution in [0.4, 0.5) is 4.39 Å². The third kappa shape index (κ3) is 3.69. The third-order valence-electron chi connectivity index (χ3n) is 3.84. The van der Waals surface area contributed by atoms with Gasteiger partial charge in [-0.2, -0.15) is 0 Å². The molecule has 18 heavy (non-hydrogen) atoms. The van der Waals surface area contributed by atoms with Crippen LogP contribution in [0.15, 0.2) is 18.2 Å². The predicted octanol–water partition coefficient (Wildman–Crippen LogP) is 4.57. The summed E-state index contributed by atoms with van der Waals surface area (Å²) in [5, 5.41) is 0.250. The van der Waals surface area contributed by atoms with Crippen LogP contribution < -0.4 is 5.73 Å². The number of rotatable bonds is 7. The highest BCUT2D eigenvalue weighted by Gasteiger charge is 2.27. The molecular weight excluding hydrogens is 249 g/mol. The molecule has 0 saturated heterocycles. The molecule has 0 bridgehead atoms. The van der Waals surface area contributed by atoms with Crippen LogP contribution in [0.25, 0.3) is 0 Å². The smallest absolute Gasteiger partial charge is 0.142 e. The van der Waals surface area contributed by atoms with Crippen LogP contribution >= 0.6 is 11.6 Å². The zero-order chi connectivity index (χ0) is 13.6. The van der Waals surface area contributed by atoms with Gasteiger partial charge in [-0.1, -0.05) is 50.4 Å². The van der Waals surface area contributed by atoms with Crippen molar-refractivity contribution in [3.63, 3.8) is 0 Å². The van der Waals surface area contributed by atoms with Crippen molar-refractivity contribution in [2.24, 2.45) is 11.1 Å². The van der Waals surface area contributed by atoms with Gasteiger partial charge >= 0.3 is 0 Å². The van der Waals surface area contributed by atoms with E-state index in [4.69, 9.17) is 17.3 Å². The van der Waals surface area contributed by atoms with Gasteiger partial charge in [-0.15, -0.1) is 0 Å². The summed E-state index contributed by atoms with van der Waals surface area (Å²) < 4.78 is 13.5. The highest BCUT2D eigenvalue weighted by atomic mass is 35.5. The Morgan fingerprint density at radius 3 is 2.61 bits per heavy atom. The molecule has 102 valence electrons. The van der Waals surface area contributed by atoms with Crippen LogP contribution in [0, 0.1) is 11.2 Å². The number of hydrogen-bond donors (Lipinski definition) is 1. The molecule has 3 heteroatoms. The first-order chi connectivity index (χ1) is 8.58. The average molecular weight is 272 g/mol. The molecule has 1 aromatic carbocycles. The van der Waals surface area contributed by atoms with E-state index in [0.29, 0.717) is 6.54 Å². The highest BCUT2D eigenvalue weighted by Crippen LogP contribution is 2.34. The van der Waals surface area contributed by atoms with E-state index < -0.39 is 0 Å². The minimum Gasteiger partial charge on any atom is -0.330 e. The van der Waals surface area contributed by atoms with Crippen LogP contribution in [0.2, 0.25) is 5.02 Å². The van der Waals surface area contributed by atoms with Gasteiger partial charge in [0, 0.05) is 0 Å². The fourth-order valence-corrected chi connectivity index (χ4v) is 2.54. The van der Waals surface area contributed by atoms with Crippen LogP contribution in [0.1, 0.15) is 45.1 Å². The fraction of sp³-hybridized carbons (Fsp3) is 0.600. The van der Waals surface area contributed by atoms with Crippen LogP contribution in [0.3, 0.4) is 0 Å². The molecule has 0 fully saturated rings. The Bertz CT molecular complexity index is 375. The van der Waals surface area contributed by atoms with E-state index in [0.717, 1.165) is 37.7 Å². The molecule has 0 radical (unpaired) electrons. The molecule has 0 saturated carbocycles. The van der Waals surface area contributed by atoms with E-state index in [1.54, 1.807) is 6.07 Å². The first kappa shape index (κ1) is 15.5. The van der Waals surface area contributed by atoms with Gasteiger partial charge in [-0.25, -0.2) is 4.39 Å². The number of halogens is 2. The first-order valence-electron chi connectivity index (χ1n) is 6.71. The van der Waals surface area contributed by atoms with Gasteiger partial charge in [-0.3, -0.25) is 0 Å². The lowest BCUT2D eigenvalue weighted by molar-refractivity contribution is 0.251. The van der Waals surface area contributed by atoms with E-state index in [2.05, 4.69) is 13.8 Å². The standard InChI is InChI=1S/C15H23ClFN/c1-3-5-9-15(4-2,11-18)10-12-7-6-8-13(17)14(12)16/h6-8H,3-5,9-11,18H2,1-2H3. The molecule has 1 rings (SSSR count). The average Bonchev–Trinajstić information content (AvgIpc) is 2.40. The van der Waals surface area contributed by atoms with Crippen molar-refractivity contribution in [1.29, 1.82) is 0 Å². The molecule has 0 aliphatic rings. The maximum absolute atomic E-state index is 13.5. The van der Waals surface area contributed by atoms with Gasteiger partial charge in [0.15, 0.2) is 0 Å². The molecule has 1 atom stereocenters. The third-order valence-corrected chi connectivity index (χ3v) is 4.26. The van der Waals surface area contributed by atoms with Gasteiger partial charge in [0.05, 0.1) is 5.02 Å². The van der Waals surface area contributed by atoms with Crippen LogP contribution in [-0.4, -0.2) is 6.54 Å². The largest absolute Gasteiger partial charge is 0.330 e. The molecule has 0 aromatic heterocycles. The fourth-order valence-electron chi connectivity index (χ4n) is 2.35. The second-order valence-corrected chi connectivity index (χ2v) is 5.43. The monoisotopic (exact) mass is 271 g/mol. The SMILES string of the molecule is CCCCC(CC)(CN)Cc1cccc(F)c1Cl. The molecule has 0 spiro atoms. The van der Waals surface area contributed by atoms with Crippen molar-refractivity contribution in [1.82, 2.24) is 0 Å². The minimum absolute atomic E-state index is 0.0491. The Balaban J connectivity index is 2.92. The van der Waals surface area contributed by atoms with E-state index in [1.807, 2.05) is 6.07 Å². The van der Waals surface area contributed by atoms with Crippen molar-refractivity contribution in [3.05, 3.63) is 34.6 Å². The molecule has 0 aliphatic heterocycles. The highest BCUT2D eigenvalue weighted by molar-refractivity contribution is 6.31. The van der Waals surface area contributed by atoms with E-state index >= 15 is 0 Å². The summed E-state index contributed by atoms with van der Waals surface area (Å²) in [5.74, 6) is -0.341. The summed E-state index contributed by atoms with van der Waals surface area (Å²) in [7, 11) is 0. The maximum atomic E-state index is 13.5.